The summed E-state index contributed by atoms with van der Waals surface area (Å²) < 4.78 is 39.2. The molecule has 2 aliphatic heterocycles. The summed E-state index contributed by atoms with van der Waals surface area (Å²) in [5.74, 6) is 0.716. The molecule has 11 heteroatoms. The number of alkyl halides is 3. The minimum Gasteiger partial charge on any atom is -0.360 e. The molecule has 5 rings (SSSR count). The normalized spacial score (nSPS) is 25.8. The van der Waals surface area contributed by atoms with Gasteiger partial charge in [0.05, 0.1) is 23.7 Å². The average molecular weight is 491 g/mol. The maximum Gasteiger partial charge on any atom is 0.416 e. The van der Waals surface area contributed by atoms with Crippen molar-refractivity contribution in [2.75, 3.05) is 25.0 Å². The highest BCUT2D eigenvalue weighted by atomic mass is 19.4. The van der Waals surface area contributed by atoms with Crippen LogP contribution in [0.3, 0.4) is 0 Å². The minimum absolute atomic E-state index is 0.0649. The van der Waals surface area contributed by atoms with Crippen LogP contribution in [0.2, 0.25) is 0 Å². The van der Waals surface area contributed by atoms with Crippen LogP contribution in [0.4, 0.5) is 19.0 Å². The third-order valence-electron chi connectivity index (χ3n) is 7.51. The number of benzene rings is 1. The lowest BCUT2D eigenvalue weighted by molar-refractivity contribution is -0.137. The Morgan fingerprint density at radius 1 is 1.11 bits per heavy atom. The van der Waals surface area contributed by atoms with Gasteiger partial charge in [-0.15, -0.1) is 0 Å². The van der Waals surface area contributed by atoms with E-state index < -0.39 is 11.7 Å². The van der Waals surface area contributed by atoms with Crippen LogP contribution in [0.25, 0.3) is 10.9 Å². The number of hydrogen-bond donors (Lipinski definition) is 3. The summed E-state index contributed by atoms with van der Waals surface area (Å²) in [5.41, 5.74) is -0.417. The van der Waals surface area contributed by atoms with Gasteiger partial charge in [-0.25, -0.2) is 9.97 Å². The molecule has 3 aliphatic rings. The molecule has 8 nitrogen and oxygen atoms in total. The number of hydrogen-bond acceptors (Lipinski definition) is 6. The van der Waals surface area contributed by atoms with Gasteiger partial charge in [-0.1, -0.05) is 0 Å². The average Bonchev–Trinajstić information content (AvgIpc) is 3.25. The molecule has 188 valence electrons. The summed E-state index contributed by atoms with van der Waals surface area (Å²) in [5, 5.41) is 9.16. The maximum absolute atomic E-state index is 13.1. The fraction of sp³-hybridized carbons (Fsp3) is 0.583. The number of aromatic nitrogens is 2. The molecular weight excluding hydrogens is 461 g/mol. The number of nitrogens with zero attached hydrogens (tertiary/aromatic N) is 3. The van der Waals surface area contributed by atoms with E-state index in [-0.39, 0.29) is 35.6 Å². The van der Waals surface area contributed by atoms with Crippen LogP contribution in [0.1, 0.15) is 44.1 Å². The van der Waals surface area contributed by atoms with Crippen LogP contribution in [0.5, 0.6) is 0 Å². The molecule has 1 aliphatic carbocycles. The number of rotatable bonds is 6. The summed E-state index contributed by atoms with van der Waals surface area (Å²) in [4.78, 5) is 34.3. The molecule has 1 unspecified atom stereocenters. The molecule has 1 saturated carbocycles. The van der Waals surface area contributed by atoms with Gasteiger partial charge in [-0.2, -0.15) is 13.2 Å². The number of halogens is 3. The van der Waals surface area contributed by atoms with Gasteiger partial charge in [-0.3, -0.25) is 14.5 Å². The number of likely N-dealkylation sites (tertiary alicyclic amines) is 1. The van der Waals surface area contributed by atoms with Gasteiger partial charge in [0.15, 0.2) is 0 Å². The summed E-state index contributed by atoms with van der Waals surface area (Å²) in [6.45, 7) is 1.51. The van der Waals surface area contributed by atoms with Gasteiger partial charge >= 0.3 is 6.18 Å². The van der Waals surface area contributed by atoms with Gasteiger partial charge < -0.3 is 16.0 Å². The summed E-state index contributed by atoms with van der Waals surface area (Å²) >= 11 is 0. The van der Waals surface area contributed by atoms with Gasteiger partial charge in [0.1, 0.15) is 12.1 Å². The van der Waals surface area contributed by atoms with E-state index in [9.17, 15) is 22.8 Å². The monoisotopic (exact) mass is 490 g/mol. The molecule has 0 spiro atoms. The Labute approximate surface area is 201 Å². The van der Waals surface area contributed by atoms with Crippen molar-refractivity contribution in [3.63, 3.8) is 0 Å². The van der Waals surface area contributed by atoms with Crippen LogP contribution >= 0.6 is 0 Å². The minimum atomic E-state index is -4.47. The van der Waals surface area contributed by atoms with E-state index in [2.05, 4.69) is 30.8 Å². The van der Waals surface area contributed by atoms with E-state index in [0.29, 0.717) is 29.9 Å². The largest absolute Gasteiger partial charge is 0.416 e. The molecule has 3 heterocycles. The number of anilines is 1. The second-order valence-corrected chi connectivity index (χ2v) is 9.81. The molecule has 2 saturated heterocycles. The molecule has 1 atom stereocenters. The van der Waals surface area contributed by atoms with Crippen LogP contribution in [0, 0.1) is 5.92 Å². The van der Waals surface area contributed by atoms with Gasteiger partial charge in [0, 0.05) is 37.0 Å². The predicted molar refractivity (Wildman–Crippen MR) is 123 cm³/mol. The van der Waals surface area contributed by atoms with Crippen molar-refractivity contribution in [2.24, 2.45) is 5.92 Å². The van der Waals surface area contributed by atoms with Crippen molar-refractivity contribution >= 4 is 28.5 Å². The summed E-state index contributed by atoms with van der Waals surface area (Å²) in [6.07, 6.45) is 2.85. The Hall–Kier alpha value is -2.95. The zero-order chi connectivity index (χ0) is 24.6. The summed E-state index contributed by atoms with van der Waals surface area (Å²) in [7, 11) is 0. The molecule has 35 heavy (non-hydrogen) atoms. The zero-order valence-electron chi connectivity index (χ0n) is 19.3. The molecule has 3 N–H and O–H groups in total. The third kappa shape index (κ3) is 5.34. The number of carbonyl (C=O) groups excluding carboxylic acids is 2. The first-order chi connectivity index (χ1) is 16.8. The van der Waals surface area contributed by atoms with Crippen LogP contribution in [0.15, 0.2) is 24.5 Å². The lowest BCUT2D eigenvalue weighted by atomic mass is 9.79. The zero-order valence-corrected chi connectivity index (χ0v) is 19.3. The number of fused-ring (bicyclic) bond motifs is 1. The predicted octanol–water partition coefficient (Wildman–Crippen LogP) is 2.70. The lowest BCUT2D eigenvalue weighted by Crippen LogP contribution is -2.63. The summed E-state index contributed by atoms with van der Waals surface area (Å²) in [6, 6.07) is 4.19. The van der Waals surface area contributed by atoms with E-state index in [0.717, 1.165) is 57.3 Å². The van der Waals surface area contributed by atoms with Crippen molar-refractivity contribution in [1.82, 2.24) is 25.5 Å². The van der Waals surface area contributed by atoms with Crippen LogP contribution in [-0.4, -0.2) is 64.4 Å². The number of carbonyl (C=O) groups is 2. The Kier molecular flexibility index (Phi) is 6.52. The maximum atomic E-state index is 13.1. The Bertz CT molecular complexity index is 1100. The van der Waals surface area contributed by atoms with Crippen LogP contribution < -0.4 is 16.0 Å². The Morgan fingerprint density at radius 2 is 1.89 bits per heavy atom. The van der Waals surface area contributed by atoms with Crippen molar-refractivity contribution in [3.8, 4) is 0 Å². The van der Waals surface area contributed by atoms with Crippen molar-refractivity contribution in [1.29, 1.82) is 0 Å². The van der Waals surface area contributed by atoms with E-state index in [1.54, 1.807) is 0 Å². The molecule has 0 radical (unpaired) electrons. The highest BCUT2D eigenvalue weighted by molar-refractivity contribution is 5.91. The quantitative estimate of drug-likeness (QED) is 0.576. The molecule has 2 aromatic rings. The van der Waals surface area contributed by atoms with E-state index in [4.69, 9.17) is 0 Å². The van der Waals surface area contributed by atoms with Gasteiger partial charge in [-0.05, 0) is 56.2 Å². The molecule has 0 bridgehead atoms. The number of nitrogens with one attached hydrogen (secondary N) is 3. The second-order valence-electron chi connectivity index (χ2n) is 9.81. The highest BCUT2D eigenvalue weighted by Gasteiger charge is 2.38. The topological polar surface area (TPSA) is 99.2 Å². The van der Waals surface area contributed by atoms with Crippen molar-refractivity contribution < 1.29 is 22.8 Å². The molecule has 2 amide bonds. The van der Waals surface area contributed by atoms with E-state index in [1.165, 1.54) is 12.4 Å². The SMILES string of the molecule is O=C(CNc1ncnc2ccc(C(F)(F)F)cc12)NC1CN([C@H]2CC[C@H](C3CCC(=O)N3)CC2)C1. The fourth-order valence-electron chi connectivity index (χ4n) is 5.58. The third-order valence-corrected chi connectivity index (χ3v) is 7.51. The molecule has 3 fully saturated rings. The molecule has 1 aromatic carbocycles. The second kappa shape index (κ2) is 9.60. The smallest absolute Gasteiger partial charge is 0.360 e. The first-order valence-corrected chi connectivity index (χ1v) is 12.1. The standard InChI is InChI=1S/C24H29F3N6O2/c25-24(26,27)15-3-6-20-18(9-15)23(30-13-29-20)28-10-22(35)31-16-11-33(12-16)17-4-1-14(2-5-17)19-7-8-21(34)32-19/h3,6,9,13-14,16-17,19H,1-2,4-5,7-8,10-12H2,(H,31,35)(H,32,34)(H,28,29,30)/t14-,17-,19?. The van der Waals surface area contributed by atoms with Gasteiger partial charge in [0.25, 0.3) is 0 Å². The van der Waals surface area contributed by atoms with Gasteiger partial charge in [0.2, 0.25) is 11.8 Å². The Morgan fingerprint density at radius 3 is 2.57 bits per heavy atom. The first kappa shape index (κ1) is 23.8. The lowest BCUT2D eigenvalue weighted by Gasteiger charge is -2.47. The van der Waals surface area contributed by atoms with Crippen molar-refractivity contribution in [3.05, 3.63) is 30.1 Å². The first-order valence-electron chi connectivity index (χ1n) is 12.1. The highest BCUT2D eigenvalue weighted by Crippen LogP contribution is 2.34. The fourth-order valence-corrected chi connectivity index (χ4v) is 5.58. The van der Waals surface area contributed by atoms with Crippen molar-refractivity contribution in [2.45, 2.75) is 62.8 Å². The molecular formula is C24H29F3N6O2. The van der Waals surface area contributed by atoms with Crippen LogP contribution in [-0.2, 0) is 15.8 Å². The van der Waals surface area contributed by atoms with E-state index in [1.807, 2.05) is 0 Å². The van der Waals surface area contributed by atoms with E-state index >= 15 is 0 Å². The molecule has 1 aromatic heterocycles. The Balaban J connectivity index is 1.07. The number of amides is 2.